The molecule has 0 spiro atoms. The lowest BCUT2D eigenvalue weighted by atomic mass is 9.42. The molecule has 4 fully saturated rings. The van der Waals surface area contributed by atoms with Gasteiger partial charge in [-0.3, -0.25) is 0 Å². The van der Waals surface area contributed by atoms with Gasteiger partial charge in [0, 0.05) is 18.4 Å². The van der Waals surface area contributed by atoms with Gasteiger partial charge in [0.2, 0.25) is 0 Å². The van der Waals surface area contributed by atoms with Crippen LogP contribution >= 0.6 is 0 Å². The van der Waals surface area contributed by atoms with E-state index in [0.29, 0.717) is 54.5 Å². The molecule has 4 saturated carbocycles. The van der Waals surface area contributed by atoms with Crippen LogP contribution in [0.2, 0.25) is 0 Å². The Balaban J connectivity index is 1.50. The zero-order valence-electron chi connectivity index (χ0n) is 20.4. The highest BCUT2D eigenvalue weighted by atomic mass is 16.3. The van der Waals surface area contributed by atoms with Crippen LogP contribution in [0.4, 0.5) is 0 Å². The van der Waals surface area contributed by atoms with E-state index in [4.69, 9.17) is 0 Å². The van der Waals surface area contributed by atoms with Gasteiger partial charge in [-0.2, -0.15) is 0 Å². The van der Waals surface area contributed by atoms with Crippen LogP contribution in [-0.4, -0.2) is 44.8 Å². The first-order valence-corrected chi connectivity index (χ1v) is 13.3. The van der Waals surface area contributed by atoms with Gasteiger partial charge in [0.05, 0.1) is 17.8 Å². The third kappa shape index (κ3) is 3.72. The Hall–Kier alpha value is -0.160. The van der Waals surface area contributed by atoms with Crippen molar-refractivity contribution in [3.63, 3.8) is 0 Å². The zero-order chi connectivity index (χ0) is 22.6. The summed E-state index contributed by atoms with van der Waals surface area (Å²) in [4.78, 5) is 0. The molecule has 0 heterocycles. The summed E-state index contributed by atoms with van der Waals surface area (Å²) >= 11 is 0. The highest BCUT2D eigenvalue weighted by Gasteiger charge is 2.67. The Labute approximate surface area is 189 Å². The van der Waals surface area contributed by atoms with E-state index in [2.05, 4.69) is 27.7 Å². The first-order chi connectivity index (χ1) is 14.6. The van der Waals surface area contributed by atoms with Gasteiger partial charge in [-0.1, -0.05) is 40.5 Å². The maximum atomic E-state index is 11.6. The first kappa shape index (κ1) is 24.0. The molecule has 0 aromatic carbocycles. The van der Waals surface area contributed by atoms with E-state index in [9.17, 15) is 20.4 Å². The van der Waals surface area contributed by atoms with Gasteiger partial charge in [-0.15, -0.1) is 0 Å². The van der Waals surface area contributed by atoms with Crippen molar-refractivity contribution in [2.45, 2.75) is 116 Å². The second kappa shape index (κ2) is 8.56. The standard InChI is InChI=1S/C27H48O4/c1-17(16-28)6-5-7-18(2)21-8-9-22-20-14-24(30)27(31)15-19(29)10-13-26(27,4)23(20)11-12-25(21,22)3/h17-24,28-31H,5-16H2,1-4H3/t17?,18-,19+,20+,21-,22+,23+,24-,25-,26-,27+/m1/s1. The molecule has 0 aromatic heterocycles. The fraction of sp³-hybridized carbons (Fsp3) is 1.00. The van der Waals surface area contributed by atoms with Crippen molar-refractivity contribution in [1.82, 2.24) is 0 Å². The minimum Gasteiger partial charge on any atom is -0.396 e. The molecule has 0 aromatic rings. The van der Waals surface area contributed by atoms with Gasteiger partial charge in [-0.25, -0.2) is 0 Å². The second-order valence-electron chi connectivity index (χ2n) is 12.8. The SMILES string of the molecule is CC(CO)CCC[C@@H](C)[C@H]1CC[C@H]2[C@@H]3C[C@@H](O)[C@@]4(O)C[C@@H](O)CC[C@]4(C)[C@H]3CC[C@]12C. The number of aliphatic hydroxyl groups excluding tert-OH is 3. The second-order valence-corrected chi connectivity index (χ2v) is 12.8. The molecule has 1 unspecified atom stereocenters. The normalized spacial score (nSPS) is 51.5. The van der Waals surface area contributed by atoms with Gasteiger partial charge in [0.15, 0.2) is 0 Å². The van der Waals surface area contributed by atoms with Crippen LogP contribution < -0.4 is 0 Å². The molecule has 0 aliphatic heterocycles. The predicted octanol–water partition coefficient (Wildman–Crippen LogP) is 4.53. The van der Waals surface area contributed by atoms with Crippen LogP contribution in [0.5, 0.6) is 0 Å². The number of hydrogen-bond donors (Lipinski definition) is 4. The van der Waals surface area contributed by atoms with Crippen molar-refractivity contribution in [1.29, 1.82) is 0 Å². The summed E-state index contributed by atoms with van der Waals surface area (Å²) in [7, 11) is 0. The van der Waals surface area contributed by atoms with E-state index >= 15 is 0 Å². The third-order valence-corrected chi connectivity index (χ3v) is 11.3. The molecular weight excluding hydrogens is 388 g/mol. The molecule has 11 atom stereocenters. The molecule has 4 N–H and O–H groups in total. The van der Waals surface area contributed by atoms with Crippen LogP contribution in [0.3, 0.4) is 0 Å². The summed E-state index contributed by atoms with van der Waals surface area (Å²) in [6.07, 6.45) is 9.97. The summed E-state index contributed by atoms with van der Waals surface area (Å²) in [6, 6.07) is 0. The molecule has 4 aliphatic carbocycles. The van der Waals surface area contributed by atoms with Crippen molar-refractivity contribution >= 4 is 0 Å². The topological polar surface area (TPSA) is 80.9 Å². The van der Waals surface area contributed by atoms with E-state index < -0.39 is 17.8 Å². The molecule has 4 nitrogen and oxygen atoms in total. The van der Waals surface area contributed by atoms with E-state index in [-0.39, 0.29) is 5.41 Å². The fourth-order valence-corrected chi connectivity index (χ4v) is 9.32. The maximum Gasteiger partial charge on any atom is 0.0985 e. The van der Waals surface area contributed by atoms with Crippen LogP contribution in [0.15, 0.2) is 0 Å². The van der Waals surface area contributed by atoms with E-state index in [0.717, 1.165) is 31.6 Å². The van der Waals surface area contributed by atoms with Crippen molar-refractivity contribution in [3.8, 4) is 0 Å². The Kier molecular flexibility index (Phi) is 6.62. The minimum absolute atomic E-state index is 0.278. The smallest absolute Gasteiger partial charge is 0.0985 e. The third-order valence-electron chi connectivity index (χ3n) is 11.3. The largest absolute Gasteiger partial charge is 0.396 e. The molecule has 0 saturated heterocycles. The molecule has 4 aliphatic rings. The number of aliphatic hydroxyl groups is 4. The quantitative estimate of drug-likeness (QED) is 0.493. The molecule has 4 rings (SSSR count). The minimum atomic E-state index is -1.13. The van der Waals surface area contributed by atoms with Gasteiger partial charge < -0.3 is 20.4 Å². The maximum absolute atomic E-state index is 11.6. The summed E-state index contributed by atoms with van der Waals surface area (Å²) in [5.41, 5.74) is -1.06. The summed E-state index contributed by atoms with van der Waals surface area (Å²) in [5, 5.41) is 42.4. The lowest BCUT2D eigenvalue weighted by Crippen LogP contribution is -2.68. The van der Waals surface area contributed by atoms with Crippen LogP contribution in [0, 0.1) is 46.3 Å². The number of hydrogen-bond acceptors (Lipinski definition) is 4. The zero-order valence-corrected chi connectivity index (χ0v) is 20.4. The molecule has 0 amide bonds. The predicted molar refractivity (Wildman–Crippen MR) is 123 cm³/mol. The highest BCUT2D eigenvalue weighted by molar-refractivity contribution is 5.17. The Morgan fingerprint density at radius 2 is 1.68 bits per heavy atom. The van der Waals surface area contributed by atoms with Crippen molar-refractivity contribution in [3.05, 3.63) is 0 Å². The van der Waals surface area contributed by atoms with Crippen LogP contribution in [0.25, 0.3) is 0 Å². The summed E-state index contributed by atoms with van der Waals surface area (Å²) in [6.45, 7) is 9.65. The van der Waals surface area contributed by atoms with Gasteiger partial charge in [0.1, 0.15) is 0 Å². The highest BCUT2D eigenvalue weighted by Crippen LogP contribution is 2.69. The molecule has 180 valence electrons. The summed E-state index contributed by atoms with van der Waals surface area (Å²) in [5.74, 6) is 3.49. The van der Waals surface area contributed by atoms with E-state index in [1.165, 1.54) is 32.1 Å². The molecule has 4 heteroatoms. The summed E-state index contributed by atoms with van der Waals surface area (Å²) < 4.78 is 0. The number of rotatable bonds is 6. The Morgan fingerprint density at radius 1 is 0.935 bits per heavy atom. The Morgan fingerprint density at radius 3 is 2.39 bits per heavy atom. The number of fused-ring (bicyclic) bond motifs is 5. The van der Waals surface area contributed by atoms with Gasteiger partial charge in [-0.05, 0) is 92.3 Å². The molecule has 0 bridgehead atoms. The van der Waals surface area contributed by atoms with Crippen molar-refractivity contribution < 1.29 is 20.4 Å². The lowest BCUT2D eigenvalue weighted by molar-refractivity contribution is -0.264. The fourth-order valence-electron chi connectivity index (χ4n) is 9.32. The van der Waals surface area contributed by atoms with Crippen molar-refractivity contribution in [2.24, 2.45) is 46.3 Å². The van der Waals surface area contributed by atoms with Crippen LogP contribution in [-0.2, 0) is 0 Å². The molecule has 31 heavy (non-hydrogen) atoms. The van der Waals surface area contributed by atoms with Gasteiger partial charge >= 0.3 is 0 Å². The van der Waals surface area contributed by atoms with Gasteiger partial charge in [0.25, 0.3) is 0 Å². The van der Waals surface area contributed by atoms with E-state index in [1.807, 2.05) is 0 Å². The average molecular weight is 437 g/mol. The van der Waals surface area contributed by atoms with Crippen molar-refractivity contribution in [2.75, 3.05) is 6.61 Å². The lowest BCUT2D eigenvalue weighted by Gasteiger charge is -2.65. The monoisotopic (exact) mass is 436 g/mol. The molecular formula is C27H48O4. The average Bonchev–Trinajstić information content (AvgIpc) is 3.07. The Bertz CT molecular complexity index is 639. The van der Waals surface area contributed by atoms with Crippen LogP contribution in [0.1, 0.15) is 98.3 Å². The van der Waals surface area contributed by atoms with E-state index in [1.54, 1.807) is 0 Å². The molecule has 0 radical (unpaired) electrons. The first-order valence-electron chi connectivity index (χ1n) is 13.3.